The zero-order chi connectivity index (χ0) is 12.4. The highest BCUT2D eigenvalue weighted by atomic mass is 16.5. The first-order valence-electron chi connectivity index (χ1n) is 6.42. The Morgan fingerprint density at radius 3 is 2.59 bits per heavy atom. The molecule has 1 aromatic heterocycles. The monoisotopic (exact) mass is 236 g/mol. The minimum atomic E-state index is -0.279. The maximum Gasteiger partial charge on any atom is 0.236 e. The number of aromatic nitrogens is 2. The Bertz CT molecular complexity index is 392. The molecule has 4 heteroatoms. The molecule has 0 bridgehead atoms. The molecular formula is C13H20N2O2. The van der Waals surface area contributed by atoms with E-state index in [2.05, 4.69) is 17.1 Å². The van der Waals surface area contributed by atoms with E-state index >= 15 is 0 Å². The van der Waals surface area contributed by atoms with Crippen LogP contribution in [0.4, 0.5) is 0 Å². The molecule has 1 heterocycles. The molecule has 17 heavy (non-hydrogen) atoms. The minimum absolute atomic E-state index is 0.0671. The van der Waals surface area contributed by atoms with Crippen molar-refractivity contribution < 1.29 is 9.32 Å². The maximum absolute atomic E-state index is 11.2. The average Bonchev–Trinajstić information content (AvgIpc) is 2.78. The van der Waals surface area contributed by atoms with Crippen molar-refractivity contribution in [3.63, 3.8) is 0 Å². The van der Waals surface area contributed by atoms with Gasteiger partial charge in [0.15, 0.2) is 5.82 Å². The molecule has 0 N–H and O–H groups in total. The second-order valence-corrected chi connectivity index (χ2v) is 5.28. The van der Waals surface area contributed by atoms with Crippen molar-refractivity contribution in [2.45, 2.75) is 58.3 Å². The van der Waals surface area contributed by atoms with Gasteiger partial charge in [0.1, 0.15) is 5.78 Å². The Morgan fingerprint density at radius 2 is 2.00 bits per heavy atom. The third kappa shape index (κ3) is 2.73. The summed E-state index contributed by atoms with van der Waals surface area (Å²) in [6.45, 7) is 5.65. The summed E-state index contributed by atoms with van der Waals surface area (Å²) in [5, 5.41) is 4.03. The third-order valence-electron chi connectivity index (χ3n) is 3.82. The zero-order valence-corrected chi connectivity index (χ0v) is 10.8. The highest BCUT2D eigenvalue weighted by Gasteiger charge is 2.25. The Morgan fingerprint density at radius 1 is 1.35 bits per heavy atom. The molecule has 1 fully saturated rings. The molecule has 1 aliphatic rings. The van der Waals surface area contributed by atoms with Gasteiger partial charge in [-0.05, 0) is 32.6 Å². The summed E-state index contributed by atoms with van der Waals surface area (Å²) in [7, 11) is 0. The second-order valence-electron chi connectivity index (χ2n) is 5.28. The van der Waals surface area contributed by atoms with Crippen molar-refractivity contribution in [2.24, 2.45) is 5.92 Å². The molecular weight excluding hydrogens is 216 g/mol. The van der Waals surface area contributed by atoms with Gasteiger partial charge in [-0.1, -0.05) is 24.9 Å². The highest BCUT2D eigenvalue weighted by Crippen LogP contribution is 2.34. The second kappa shape index (κ2) is 4.98. The predicted octanol–water partition coefficient (Wildman–Crippen LogP) is 3.06. The van der Waals surface area contributed by atoms with Gasteiger partial charge in [0, 0.05) is 5.92 Å². The van der Waals surface area contributed by atoms with E-state index in [1.165, 1.54) is 12.8 Å². The molecule has 0 radical (unpaired) electrons. The molecule has 0 amide bonds. The molecule has 4 nitrogen and oxygen atoms in total. The molecule has 0 saturated heterocycles. The van der Waals surface area contributed by atoms with Gasteiger partial charge < -0.3 is 4.52 Å². The molecule has 1 aromatic rings. The van der Waals surface area contributed by atoms with E-state index < -0.39 is 0 Å². The Hall–Kier alpha value is -1.19. The summed E-state index contributed by atoms with van der Waals surface area (Å²) in [5.74, 6) is 2.28. The minimum Gasteiger partial charge on any atom is -0.339 e. The molecule has 1 aliphatic carbocycles. The maximum atomic E-state index is 11.2. The fraction of sp³-hybridized carbons (Fsp3) is 0.769. The van der Waals surface area contributed by atoms with Crippen LogP contribution >= 0.6 is 0 Å². The van der Waals surface area contributed by atoms with Crippen LogP contribution in [0.3, 0.4) is 0 Å². The Kier molecular flexibility index (Phi) is 3.60. The van der Waals surface area contributed by atoms with E-state index in [9.17, 15) is 4.79 Å². The molecule has 1 saturated carbocycles. The zero-order valence-electron chi connectivity index (χ0n) is 10.8. The lowest BCUT2D eigenvalue weighted by molar-refractivity contribution is -0.118. The van der Waals surface area contributed by atoms with Crippen LogP contribution in [0.25, 0.3) is 0 Å². The summed E-state index contributed by atoms with van der Waals surface area (Å²) in [4.78, 5) is 15.6. The van der Waals surface area contributed by atoms with Crippen LogP contribution in [-0.2, 0) is 4.79 Å². The molecule has 94 valence electrons. The first kappa shape index (κ1) is 12.3. The van der Waals surface area contributed by atoms with Crippen molar-refractivity contribution >= 4 is 5.78 Å². The molecule has 0 spiro atoms. The van der Waals surface area contributed by atoms with Crippen LogP contribution in [0.2, 0.25) is 0 Å². The van der Waals surface area contributed by atoms with Crippen molar-refractivity contribution in [1.29, 1.82) is 0 Å². The quantitative estimate of drug-likeness (QED) is 0.809. The van der Waals surface area contributed by atoms with Crippen LogP contribution in [0.15, 0.2) is 4.52 Å². The van der Waals surface area contributed by atoms with Gasteiger partial charge in [-0.25, -0.2) is 0 Å². The number of carbonyl (C=O) groups is 1. The van der Waals surface area contributed by atoms with Gasteiger partial charge in [-0.3, -0.25) is 4.79 Å². The summed E-state index contributed by atoms with van der Waals surface area (Å²) in [5.41, 5.74) is 0. The van der Waals surface area contributed by atoms with Crippen molar-refractivity contribution in [1.82, 2.24) is 10.1 Å². The lowest BCUT2D eigenvalue weighted by Gasteiger charge is -2.23. The number of ketones is 1. The number of rotatable bonds is 3. The van der Waals surface area contributed by atoms with Crippen LogP contribution < -0.4 is 0 Å². The van der Waals surface area contributed by atoms with Crippen LogP contribution in [0, 0.1) is 5.92 Å². The predicted molar refractivity (Wildman–Crippen MR) is 63.8 cm³/mol. The third-order valence-corrected chi connectivity index (χ3v) is 3.82. The van der Waals surface area contributed by atoms with Gasteiger partial charge >= 0.3 is 0 Å². The molecule has 1 unspecified atom stereocenters. The van der Waals surface area contributed by atoms with E-state index in [1.807, 2.05) is 6.92 Å². The fourth-order valence-corrected chi connectivity index (χ4v) is 2.28. The van der Waals surface area contributed by atoms with E-state index in [1.54, 1.807) is 6.92 Å². The standard InChI is InChI=1S/C13H20N2O2/c1-8-4-6-11(7-5-8)12-14-13(17-15-12)9(2)10(3)16/h8-9,11H,4-7H2,1-3H3. The first-order valence-corrected chi connectivity index (χ1v) is 6.42. The number of hydrogen-bond acceptors (Lipinski definition) is 4. The lowest BCUT2D eigenvalue weighted by Crippen LogP contribution is -2.12. The van der Waals surface area contributed by atoms with Gasteiger partial charge in [0.05, 0.1) is 5.92 Å². The Balaban J connectivity index is 2.05. The number of carbonyl (C=O) groups excluding carboxylic acids is 1. The van der Waals surface area contributed by atoms with Crippen LogP contribution in [0.1, 0.15) is 70.0 Å². The first-order chi connectivity index (χ1) is 8.08. The average molecular weight is 236 g/mol. The SMILES string of the molecule is CC(=O)C(C)c1nc(C2CCC(C)CC2)no1. The number of Topliss-reactive ketones (excluding diaryl/α,β-unsaturated/α-hetero) is 1. The largest absolute Gasteiger partial charge is 0.339 e. The molecule has 1 atom stereocenters. The van der Waals surface area contributed by atoms with E-state index in [0.717, 1.165) is 24.6 Å². The van der Waals surface area contributed by atoms with Gasteiger partial charge in [-0.2, -0.15) is 4.98 Å². The van der Waals surface area contributed by atoms with Crippen LogP contribution in [0.5, 0.6) is 0 Å². The van der Waals surface area contributed by atoms with Crippen LogP contribution in [-0.4, -0.2) is 15.9 Å². The number of hydrogen-bond donors (Lipinski definition) is 0. The lowest BCUT2D eigenvalue weighted by atomic mass is 9.83. The summed E-state index contributed by atoms with van der Waals surface area (Å²) < 4.78 is 5.19. The van der Waals surface area contributed by atoms with Gasteiger partial charge in [-0.15, -0.1) is 0 Å². The van der Waals surface area contributed by atoms with Gasteiger partial charge in [0.2, 0.25) is 5.89 Å². The molecule has 0 aliphatic heterocycles. The Labute approximate surface area is 102 Å². The van der Waals surface area contributed by atoms with E-state index in [4.69, 9.17) is 4.52 Å². The smallest absolute Gasteiger partial charge is 0.236 e. The van der Waals surface area contributed by atoms with E-state index in [-0.39, 0.29) is 11.7 Å². The highest BCUT2D eigenvalue weighted by molar-refractivity contribution is 5.81. The summed E-state index contributed by atoms with van der Waals surface area (Å²) in [6, 6.07) is 0. The fourth-order valence-electron chi connectivity index (χ4n) is 2.28. The van der Waals surface area contributed by atoms with Crippen molar-refractivity contribution in [3.05, 3.63) is 11.7 Å². The van der Waals surface area contributed by atoms with E-state index in [0.29, 0.717) is 11.8 Å². The molecule has 2 rings (SSSR count). The summed E-state index contributed by atoms with van der Waals surface area (Å²) in [6.07, 6.45) is 4.73. The summed E-state index contributed by atoms with van der Waals surface area (Å²) >= 11 is 0. The topological polar surface area (TPSA) is 56.0 Å². The normalized spacial score (nSPS) is 26.8. The van der Waals surface area contributed by atoms with Crippen molar-refractivity contribution in [3.8, 4) is 0 Å². The number of nitrogens with zero attached hydrogens (tertiary/aromatic N) is 2. The van der Waals surface area contributed by atoms with Crippen molar-refractivity contribution in [2.75, 3.05) is 0 Å². The van der Waals surface area contributed by atoms with Gasteiger partial charge in [0.25, 0.3) is 0 Å². The molecule has 0 aromatic carbocycles.